The molecule has 0 atom stereocenters. The van der Waals surface area contributed by atoms with Crippen LogP contribution in [0.25, 0.3) is 33.0 Å². The number of esters is 2. The summed E-state index contributed by atoms with van der Waals surface area (Å²) in [6.45, 7) is 3.79. The fourth-order valence-electron chi connectivity index (χ4n) is 4.05. The summed E-state index contributed by atoms with van der Waals surface area (Å²) >= 11 is 0. The maximum Gasteiger partial charge on any atom is 0.338 e. The van der Waals surface area contributed by atoms with Crippen LogP contribution in [0.5, 0.6) is 0 Å². The van der Waals surface area contributed by atoms with E-state index >= 15 is 0 Å². The van der Waals surface area contributed by atoms with Gasteiger partial charge >= 0.3 is 11.9 Å². The molecule has 0 aromatic heterocycles. The number of ether oxygens (including phenoxy) is 2. The molecule has 0 saturated carbocycles. The van der Waals surface area contributed by atoms with Gasteiger partial charge in [-0.2, -0.15) is 0 Å². The van der Waals surface area contributed by atoms with Gasteiger partial charge < -0.3 is 9.47 Å². The minimum Gasteiger partial charge on any atom is -0.465 e. The zero-order valence-electron chi connectivity index (χ0n) is 18.6. The summed E-state index contributed by atoms with van der Waals surface area (Å²) < 4.78 is 9.89. The van der Waals surface area contributed by atoms with Gasteiger partial charge in [0.15, 0.2) is 0 Å². The fourth-order valence-corrected chi connectivity index (χ4v) is 4.05. The smallest absolute Gasteiger partial charge is 0.338 e. The second-order valence-electron chi connectivity index (χ2n) is 7.75. The van der Waals surface area contributed by atoms with Crippen molar-refractivity contribution in [3.63, 3.8) is 0 Å². The first-order chi connectivity index (χ1) is 15.4. The largest absolute Gasteiger partial charge is 0.465 e. The summed E-state index contributed by atoms with van der Waals surface area (Å²) in [7, 11) is 2.78. The molecule has 0 N–H and O–H groups in total. The zero-order chi connectivity index (χ0) is 22.8. The molecule has 4 heteroatoms. The summed E-state index contributed by atoms with van der Waals surface area (Å²) in [6.07, 6.45) is 0. The van der Waals surface area contributed by atoms with Crippen molar-refractivity contribution in [2.24, 2.45) is 0 Å². The normalized spacial score (nSPS) is 10.8. The van der Waals surface area contributed by atoms with E-state index in [0.717, 1.165) is 44.2 Å². The molecule has 0 heterocycles. The molecule has 160 valence electrons. The van der Waals surface area contributed by atoms with Crippen LogP contribution < -0.4 is 0 Å². The Labute approximate surface area is 187 Å². The van der Waals surface area contributed by atoms with Gasteiger partial charge in [-0.25, -0.2) is 9.59 Å². The Hall–Kier alpha value is -3.92. The van der Waals surface area contributed by atoms with Crippen LogP contribution >= 0.6 is 0 Å². The SMILES string of the molecule is COC(=O)c1cc(-c2cccc3c(-c4ccc(C)c(C(=O)OC)c4)cccc23)ccc1C. The van der Waals surface area contributed by atoms with Crippen molar-refractivity contribution >= 4 is 22.7 Å². The number of hydrogen-bond donors (Lipinski definition) is 0. The van der Waals surface area contributed by atoms with Crippen molar-refractivity contribution in [3.8, 4) is 22.3 Å². The van der Waals surface area contributed by atoms with Crippen LogP contribution in [0.2, 0.25) is 0 Å². The van der Waals surface area contributed by atoms with Crippen LogP contribution in [0.3, 0.4) is 0 Å². The molecule has 4 aromatic carbocycles. The average Bonchev–Trinajstić information content (AvgIpc) is 2.83. The van der Waals surface area contributed by atoms with Crippen LogP contribution in [0.1, 0.15) is 31.8 Å². The van der Waals surface area contributed by atoms with E-state index in [2.05, 4.69) is 12.1 Å². The Kier molecular flexibility index (Phi) is 5.78. The van der Waals surface area contributed by atoms with E-state index in [4.69, 9.17) is 9.47 Å². The minimum absolute atomic E-state index is 0.347. The number of fused-ring (bicyclic) bond motifs is 1. The third-order valence-electron chi connectivity index (χ3n) is 5.83. The van der Waals surface area contributed by atoms with Gasteiger partial charge in [0.05, 0.1) is 25.3 Å². The van der Waals surface area contributed by atoms with Crippen molar-refractivity contribution < 1.29 is 19.1 Å². The number of methoxy groups -OCH3 is 2. The molecule has 0 unspecified atom stereocenters. The van der Waals surface area contributed by atoms with Crippen molar-refractivity contribution in [1.82, 2.24) is 0 Å². The van der Waals surface area contributed by atoms with Crippen molar-refractivity contribution in [2.75, 3.05) is 14.2 Å². The van der Waals surface area contributed by atoms with E-state index in [1.807, 2.05) is 74.5 Å². The van der Waals surface area contributed by atoms with E-state index in [9.17, 15) is 9.59 Å². The van der Waals surface area contributed by atoms with Gasteiger partial charge in [0.25, 0.3) is 0 Å². The molecule has 32 heavy (non-hydrogen) atoms. The lowest BCUT2D eigenvalue weighted by Gasteiger charge is -2.14. The Morgan fingerprint density at radius 3 is 1.38 bits per heavy atom. The van der Waals surface area contributed by atoms with Gasteiger partial charge in [0, 0.05) is 0 Å². The Bertz CT molecular complexity index is 1250. The predicted molar refractivity (Wildman–Crippen MR) is 127 cm³/mol. The maximum atomic E-state index is 12.2. The molecular weight excluding hydrogens is 400 g/mol. The standard InChI is InChI=1S/C28H24O4/c1-17-11-13-19(15-25(17)27(29)31-3)21-7-5-10-24-22(8-6-9-23(21)24)20-14-12-18(2)26(16-20)28(30)32-4/h5-16H,1-4H3. The average molecular weight is 424 g/mol. The molecule has 0 saturated heterocycles. The number of rotatable bonds is 4. The van der Waals surface area contributed by atoms with Crippen LogP contribution in [-0.2, 0) is 9.47 Å². The summed E-state index contributed by atoms with van der Waals surface area (Å²) in [5.74, 6) is -0.694. The van der Waals surface area contributed by atoms with Gasteiger partial charge in [-0.05, 0) is 70.1 Å². The van der Waals surface area contributed by atoms with Gasteiger partial charge in [-0.1, -0.05) is 60.7 Å². The van der Waals surface area contributed by atoms with E-state index in [1.54, 1.807) is 0 Å². The third kappa shape index (κ3) is 3.76. The minimum atomic E-state index is -0.347. The van der Waals surface area contributed by atoms with Crippen molar-refractivity contribution in [1.29, 1.82) is 0 Å². The quantitative estimate of drug-likeness (QED) is 0.358. The Morgan fingerprint density at radius 2 is 1.00 bits per heavy atom. The summed E-state index contributed by atoms with van der Waals surface area (Å²) in [5, 5.41) is 2.12. The highest BCUT2D eigenvalue weighted by molar-refractivity contribution is 6.05. The molecule has 0 aliphatic rings. The molecule has 4 nitrogen and oxygen atoms in total. The van der Waals surface area contributed by atoms with Crippen LogP contribution in [0, 0.1) is 13.8 Å². The third-order valence-corrected chi connectivity index (χ3v) is 5.83. The van der Waals surface area contributed by atoms with Crippen LogP contribution in [0.4, 0.5) is 0 Å². The van der Waals surface area contributed by atoms with E-state index in [-0.39, 0.29) is 11.9 Å². The molecule has 0 aliphatic carbocycles. The van der Waals surface area contributed by atoms with Crippen LogP contribution in [0.15, 0.2) is 72.8 Å². The predicted octanol–water partition coefficient (Wildman–Crippen LogP) is 6.36. The number of benzene rings is 4. The van der Waals surface area contributed by atoms with E-state index in [0.29, 0.717) is 11.1 Å². The lowest BCUT2D eigenvalue weighted by atomic mass is 9.91. The summed E-state index contributed by atoms with van der Waals surface area (Å²) in [5.41, 5.74) is 6.78. The first-order valence-corrected chi connectivity index (χ1v) is 10.3. The highest BCUT2D eigenvalue weighted by Crippen LogP contribution is 2.36. The van der Waals surface area contributed by atoms with Gasteiger partial charge in [0.1, 0.15) is 0 Å². The number of carbonyl (C=O) groups excluding carboxylic acids is 2. The molecule has 4 aromatic rings. The fraction of sp³-hybridized carbons (Fsp3) is 0.143. The molecule has 0 amide bonds. The molecule has 0 fully saturated rings. The summed E-state index contributed by atoms with van der Waals surface area (Å²) in [4.78, 5) is 24.4. The lowest BCUT2D eigenvalue weighted by molar-refractivity contribution is 0.0591. The maximum absolute atomic E-state index is 12.2. The van der Waals surface area contributed by atoms with Gasteiger partial charge in [-0.3, -0.25) is 0 Å². The van der Waals surface area contributed by atoms with Gasteiger partial charge in [0.2, 0.25) is 0 Å². The van der Waals surface area contributed by atoms with Crippen molar-refractivity contribution in [2.45, 2.75) is 13.8 Å². The Morgan fingerprint density at radius 1 is 0.594 bits per heavy atom. The van der Waals surface area contributed by atoms with E-state index < -0.39 is 0 Å². The zero-order valence-corrected chi connectivity index (χ0v) is 18.6. The Balaban J connectivity index is 1.91. The first-order valence-electron chi connectivity index (χ1n) is 10.3. The first kappa shape index (κ1) is 21.3. The van der Waals surface area contributed by atoms with E-state index in [1.165, 1.54) is 14.2 Å². The monoisotopic (exact) mass is 424 g/mol. The molecule has 0 radical (unpaired) electrons. The second-order valence-corrected chi connectivity index (χ2v) is 7.75. The topological polar surface area (TPSA) is 52.6 Å². The molecule has 0 aliphatic heterocycles. The highest BCUT2D eigenvalue weighted by Gasteiger charge is 2.15. The lowest BCUT2D eigenvalue weighted by Crippen LogP contribution is -2.04. The molecule has 0 bridgehead atoms. The van der Waals surface area contributed by atoms with Gasteiger partial charge in [-0.15, -0.1) is 0 Å². The number of hydrogen-bond acceptors (Lipinski definition) is 4. The highest BCUT2D eigenvalue weighted by atomic mass is 16.5. The van der Waals surface area contributed by atoms with Crippen molar-refractivity contribution in [3.05, 3.63) is 95.1 Å². The molecule has 4 rings (SSSR count). The molecule has 0 spiro atoms. The van der Waals surface area contributed by atoms with Crippen LogP contribution in [-0.4, -0.2) is 26.2 Å². The number of aryl methyl sites for hydroxylation is 2. The summed E-state index contributed by atoms with van der Waals surface area (Å²) in [6, 6.07) is 23.9. The molecular formula is C28H24O4. The number of carbonyl (C=O) groups is 2. The second kappa shape index (κ2) is 8.67.